The van der Waals surface area contributed by atoms with E-state index in [2.05, 4.69) is 36.8 Å². The van der Waals surface area contributed by atoms with Crippen molar-refractivity contribution in [1.82, 2.24) is 15.5 Å². The number of nitrogens with one attached hydrogen (secondary N) is 2. The van der Waals surface area contributed by atoms with Gasteiger partial charge in [0.15, 0.2) is 17.7 Å². The molecule has 0 saturated heterocycles. The molecule has 11 heteroatoms. The van der Waals surface area contributed by atoms with E-state index in [1.165, 1.54) is 12.1 Å². The van der Waals surface area contributed by atoms with Gasteiger partial charge in [-0.3, -0.25) is 10.1 Å². The van der Waals surface area contributed by atoms with Gasteiger partial charge in [-0.1, -0.05) is 39.8 Å². The molecule has 3 amide bonds. The van der Waals surface area contributed by atoms with E-state index in [0.29, 0.717) is 5.69 Å². The van der Waals surface area contributed by atoms with Crippen LogP contribution >= 0.6 is 27.7 Å². The summed E-state index contributed by atoms with van der Waals surface area (Å²) >= 11 is 4.25. The number of carbonyl (C=O) groups is 2. The van der Waals surface area contributed by atoms with Gasteiger partial charge >= 0.3 is 6.03 Å². The third-order valence-corrected chi connectivity index (χ3v) is 4.94. The van der Waals surface area contributed by atoms with Crippen molar-refractivity contribution in [2.24, 2.45) is 0 Å². The first-order valence-corrected chi connectivity index (χ1v) is 10.4. The number of hydrogen-bond acceptors (Lipinski definition) is 7. The summed E-state index contributed by atoms with van der Waals surface area (Å²) in [6.07, 6.45) is -0.686. The number of thioether (sulfide) groups is 1. The Balaban J connectivity index is 1.46. The van der Waals surface area contributed by atoms with Crippen molar-refractivity contribution in [3.8, 4) is 5.75 Å². The lowest BCUT2D eigenvalue weighted by atomic mass is 10.3. The molecule has 0 radical (unpaired) electrons. The number of nitrogens with zero attached hydrogens (tertiary/aromatic N) is 2. The Hall–Kier alpha value is -2.92. The van der Waals surface area contributed by atoms with Crippen molar-refractivity contribution >= 4 is 45.3 Å². The third kappa shape index (κ3) is 6.29. The van der Waals surface area contributed by atoms with Crippen molar-refractivity contribution in [2.45, 2.75) is 18.3 Å². The highest BCUT2D eigenvalue weighted by Crippen LogP contribution is 2.25. The molecule has 2 aromatic carbocycles. The van der Waals surface area contributed by atoms with E-state index < -0.39 is 23.9 Å². The van der Waals surface area contributed by atoms with Gasteiger partial charge in [-0.2, -0.15) is 0 Å². The summed E-state index contributed by atoms with van der Waals surface area (Å²) in [7, 11) is 0. The Kier molecular flexibility index (Phi) is 7.41. The summed E-state index contributed by atoms with van der Waals surface area (Å²) in [6, 6.07) is 12.2. The van der Waals surface area contributed by atoms with Gasteiger partial charge in [0.2, 0.25) is 5.91 Å². The predicted molar refractivity (Wildman–Crippen MR) is 112 cm³/mol. The number of ether oxygens (including phenoxy) is 1. The minimum Gasteiger partial charge on any atom is -0.478 e. The molecule has 1 heterocycles. The van der Waals surface area contributed by atoms with Gasteiger partial charge in [0.05, 0.1) is 5.75 Å². The van der Waals surface area contributed by atoms with Crippen LogP contribution in [0.4, 0.5) is 14.9 Å². The molecule has 0 aliphatic rings. The van der Waals surface area contributed by atoms with E-state index in [1.54, 1.807) is 43.3 Å². The largest absolute Gasteiger partial charge is 0.478 e. The summed E-state index contributed by atoms with van der Waals surface area (Å²) in [5.41, 5.74) is 0.543. The van der Waals surface area contributed by atoms with Crippen LogP contribution in [0.15, 0.2) is 62.6 Å². The average Bonchev–Trinajstić information content (AvgIpc) is 3.19. The number of benzene rings is 2. The fourth-order valence-corrected chi connectivity index (χ4v) is 3.04. The molecule has 0 saturated carbocycles. The minimum atomic E-state index is -0.686. The molecule has 30 heavy (non-hydrogen) atoms. The molecule has 0 fully saturated rings. The average molecular weight is 495 g/mol. The Bertz CT molecular complexity index is 1030. The highest BCUT2D eigenvalue weighted by atomic mass is 79.9. The zero-order chi connectivity index (χ0) is 21.5. The fourth-order valence-electron chi connectivity index (χ4n) is 2.21. The fraction of sp³-hybridized carbons (Fsp3) is 0.158. The van der Waals surface area contributed by atoms with Gasteiger partial charge in [-0.15, -0.1) is 10.2 Å². The Morgan fingerprint density at radius 2 is 1.93 bits per heavy atom. The number of amides is 3. The second-order valence-electron chi connectivity index (χ2n) is 5.89. The molecule has 0 bridgehead atoms. The maximum Gasteiger partial charge on any atom is 0.325 e. The van der Waals surface area contributed by atoms with E-state index >= 15 is 0 Å². The highest BCUT2D eigenvalue weighted by molar-refractivity contribution is 9.10. The van der Waals surface area contributed by atoms with Crippen LogP contribution in [-0.2, 0) is 4.79 Å². The first-order chi connectivity index (χ1) is 14.4. The van der Waals surface area contributed by atoms with Crippen LogP contribution in [0.1, 0.15) is 18.9 Å². The predicted octanol–water partition coefficient (Wildman–Crippen LogP) is 4.55. The van der Waals surface area contributed by atoms with Crippen molar-refractivity contribution in [2.75, 3.05) is 11.1 Å². The van der Waals surface area contributed by atoms with Gasteiger partial charge in [-0.25, -0.2) is 9.18 Å². The molecule has 0 aliphatic heterocycles. The number of hydrogen-bond donors (Lipinski definition) is 2. The maximum absolute atomic E-state index is 13.7. The first kappa shape index (κ1) is 21.8. The molecule has 8 nitrogen and oxygen atoms in total. The van der Waals surface area contributed by atoms with Gasteiger partial charge in [-0.05, 0) is 43.3 Å². The second kappa shape index (κ2) is 10.2. The normalized spacial score (nSPS) is 11.6. The molecular weight excluding hydrogens is 479 g/mol. The number of carbonyl (C=O) groups excluding carboxylic acids is 2. The zero-order valence-electron chi connectivity index (χ0n) is 15.6. The lowest BCUT2D eigenvalue weighted by molar-refractivity contribution is -0.117. The number of para-hydroxylation sites is 1. The van der Waals surface area contributed by atoms with Crippen LogP contribution in [0.3, 0.4) is 0 Å². The SMILES string of the molecule is C[C@@H](Oc1ccccc1F)c1nnc(SCC(=O)NC(=O)Nc2ccc(Br)cc2)o1. The lowest BCUT2D eigenvalue weighted by Crippen LogP contribution is -2.35. The molecular formula is C19H16BrFN4O4S. The van der Waals surface area contributed by atoms with E-state index in [-0.39, 0.29) is 22.6 Å². The van der Waals surface area contributed by atoms with Crippen LogP contribution in [-0.4, -0.2) is 27.9 Å². The molecule has 1 aromatic heterocycles. The summed E-state index contributed by atoms with van der Waals surface area (Å²) < 4.78 is 25.4. The Morgan fingerprint density at radius 3 is 2.67 bits per heavy atom. The maximum atomic E-state index is 13.7. The van der Waals surface area contributed by atoms with E-state index in [0.717, 1.165) is 16.2 Å². The third-order valence-electron chi connectivity index (χ3n) is 3.59. The van der Waals surface area contributed by atoms with Gasteiger partial charge in [0.1, 0.15) is 0 Å². The summed E-state index contributed by atoms with van der Waals surface area (Å²) in [5.74, 6) is -0.956. The molecule has 1 atom stereocenters. The molecule has 156 valence electrons. The summed E-state index contributed by atoms with van der Waals surface area (Å²) in [5, 5.41) is 12.5. The van der Waals surface area contributed by atoms with Crippen molar-refractivity contribution in [3.05, 3.63) is 64.7 Å². The van der Waals surface area contributed by atoms with Gasteiger partial charge < -0.3 is 14.5 Å². The van der Waals surface area contributed by atoms with E-state index in [4.69, 9.17) is 9.15 Å². The van der Waals surface area contributed by atoms with E-state index in [1.807, 2.05) is 0 Å². The Morgan fingerprint density at radius 1 is 1.20 bits per heavy atom. The molecule has 0 unspecified atom stereocenters. The number of imide groups is 1. The smallest absolute Gasteiger partial charge is 0.325 e. The Labute approximate surface area is 183 Å². The number of halogens is 2. The van der Waals surface area contributed by atoms with Gasteiger partial charge in [0.25, 0.3) is 11.1 Å². The molecule has 3 aromatic rings. The summed E-state index contributed by atoms with van der Waals surface area (Å²) in [4.78, 5) is 23.8. The second-order valence-corrected chi connectivity index (χ2v) is 7.74. The monoisotopic (exact) mass is 494 g/mol. The van der Waals surface area contributed by atoms with Crippen LogP contribution in [0.5, 0.6) is 5.75 Å². The molecule has 0 aliphatic carbocycles. The van der Waals surface area contributed by atoms with Crippen molar-refractivity contribution < 1.29 is 23.1 Å². The first-order valence-electron chi connectivity index (χ1n) is 8.64. The van der Waals surface area contributed by atoms with Crippen LogP contribution in [0, 0.1) is 5.82 Å². The molecule has 3 rings (SSSR count). The number of urea groups is 1. The number of anilines is 1. The highest BCUT2D eigenvalue weighted by Gasteiger charge is 2.18. The topological polar surface area (TPSA) is 106 Å². The quantitative estimate of drug-likeness (QED) is 0.463. The van der Waals surface area contributed by atoms with Crippen LogP contribution in [0.2, 0.25) is 0 Å². The van der Waals surface area contributed by atoms with Gasteiger partial charge in [0, 0.05) is 10.2 Å². The minimum absolute atomic E-state index is 0.0635. The number of rotatable bonds is 7. The molecule has 0 spiro atoms. The van der Waals surface area contributed by atoms with Crippen LogP contribution in [0.25, 0.3) is 0 Å². The number of aromatic nitrogens is 2. The van der Waals surface area contributed by atoms with Crippen molar-refractivity contribution in [3.63, 3.8) is 0 Å². The van der Waals surface area contributed by atoms with Crippen LogP contribution < -0.4 is 15.4 Å². The zero-order valence-corrected chi connectivity index (χ0v) is 18.0. The standard InChI is InChI=1S/C19H16BrFN4O4S/c1-11(28-15-5-3-2-4-14(15)21)17-24-25-19(29-17)30-10-16(26)23-18(27)22-13-8-6-12(20)7-9-13/h2-9,11H,10H2,1H3,(H2,22,23,26,27)/t11-/m1/s1. The lowest BCUT2D eigenvalue weighted by Gasteiger charge is -2.11. The summed E-state index contributed by atoms with van der Waals surface area (Å²) in [6.45, 7) is 1.63. The molecule has 2 N–H and O–H groups in total. The van der Waals surface area contributed by atoms with E-state index in [9.17, 15) is 14.0 Å². The van der Waals surface area contributed by atoms with Crippen molar-refractivity contribution in [1.29, 1.82) is 0 Å².